The van der Waals surface area contributed by atoms with Gasteiger partial charge in [0.2, 0.25) is 0 Å². The summed E-state index contributed by atoms with van der Waals surface area (Å²) in [5.74, 6) is 0. The molecule has 0 aliphatic carbocycles. The van der Waals surface area contributed by atoms with Crippen LogP contribution in [0.15, 0.2) is 22.9 Å². The molecule has 1 aromatic heterocycles. The Balaban J connectivity index is 2.61. The molecule has 84 valence electrons. The lowest BCUT2D eigenvalue weighted by molar-refractivity contribution is 0.221. The third-order valence-corrected chi connectivity index (χ3v) is 3.19. The molecule has 0 atom stereocenters. The predicted molar refractivity (Wildman–Crippen MR) is 67.8 cm³/mol. The zero-order chi connectivity index (χ0) is 11.3. The molecule has 0 amide bonds. The highest BCUT2D eigenvalue weighted by molar-refractivity contribution is 9.10. The van der Waals surface area contributed by atoms with Crippen molar-refractivity contribution in [2.45, 2.75) is 39.3 Å². The first-order chi connectivity index (χ1) is 7.17. The summed E-state index contributed by atoms with van der Waals surface area (Å²) in [6, 6.07) is 2.80. The lowest BCUT2D eigenvalue weighted by atomic mass is 10.1. The average Bonchev–Trinajstić information content (AvgIpc) is 2.19. The van der Waals surface area contributed by atoms with Gasteiger partial charge < -0.3 is 0 Å². The summed E-state index contributed by atoms with van der Waals surface area (Å²) in [7, 11) is 2.18. The summed E-state index contributed by atoms with van der Waals surface area (Å²) in [6.07, 6.45) is 6.16. The van der Waals surface area contributed by atoms with Crippen molar-refractivity contribution in [3.05, 3.63) is 28.5 Å². The molecule has 1 aromatic rings. The van der Waals surface area contributed by atoms with Gasteiger partial charge in [-0.15, -0.1) is 0 Å². The van der Waals surface area contributed by atoms with Gasteiger partial charge in [0.15, 0.2) is 0 Å². The highest BCUT2D eigenvalue weighted by atomic mass is 79.9. The molecule has 3 heteroatoms. The summed E-state index contributed by atoms with van der Waals surface area (Å²) in [4.78, 5) is 6.57. The zero-order valence-corrected chi connectivity index (χ0v) is 11.3. The van der Waals surface area contributed by atoms with Gasteiger partial charge >= 0.3 is 0 Å². The minimum Gasteiger partial charge on any atom is -0.299 e. The van der Waals surface area contributed by atoms with Gasteiger partial charge in [-0.1, -0.05) is 13.8 Å². The maximum absolute atomic E-state index is 4.17. The maximum Gasteiger partial charge on any atom is 0.0410 e. The fourth-order valence-electron chi connectivity index (χ4n) is 1.87. The summed E-state index contributed by atoms with van der Waals surface area (Å²) >= 11 is 3.44. The molecular formula is C12H19BrN2. The molecule has 0 aromatic carbocycles. The van der Waals surface area contributed by atoms with Crippen molar-refractivity contribution in [1.29, 1.82) is 0 Å². The van der Waals surface area contributed by atoms with Crippen LogP contribution in [-0.4, -0.2) is 23.0 Å². The van der Waals surface area contributed by atoms with Gasteiger partial charge in [0.25, 0.3) is 0 Å². The van der Waals surface area contributed by atoms with E-state index < -0.39 is 0 Å². The molecule has 0 spiro atoms. The van der Waals surface area contributed by atoms with E-state index >= 15 is 0 Å². The number of nitrogens with zero attached hydrogens (tertiary/aromatic N) is 2. The minimum absolute atomic E-state index is 0.670. The number of pyridine rings is 1. The smallest absolute Gasteiger partial charge is 0.0410 e. The molecule has 2 nitrogen and oxygen atoms in total. The third-order valence-electron chi connectivity index (χ3n) is 2.76. The van der Waals surface area contributed by atoms with Crippen molar-refractivity contribution in [3.63, 3.8) is 0 Å². The van der Waals surface area contributed by atoms with Crippen LogP contribution in [0.2, 0.25) is 0 Å². The second-order valence-corrected chi connectivity index (χ2v) is 4.81. The van der Waals surface area contributed by atoms with Gasteiger partial charge in [-0.2, -0.15) is 0 Å². The Morgan fingerprint density at radius 2 is 2.00 bits per heavy atom. The summed E-state index contributed by atoms with van der Waals surface area (Å²) < 4.78 is 1.05. The summed E-state index contributed by atoms with van der Waals surface area (Å²) in [6.45, 7) is 5.45. The maximum atomic E-state index is 4.17. The van der Waals surface area contributed by atoms with Crippen LogP contribution >= 0.6 is 15.9 Å². The Morgan fingerprint density at radius 1 is 1.33 bits per heavy atom. The van der Waals surface area contributed by atoms with Crippen LogP contribution < -0.4 is 0 Å². The lowest BCUT2D eigenvalue weighted by Gasteiger charge is -2.25. The molecule has 1 rings (SSSR count). The number of rotatable bonds is 5. The fourth-order valence-corrected chi connectivity index (χ4v) is 2.28. The SMILES string of the molecule is CCC(CC)N(C)Cc1cncc(Br)c1. The highest BCUT2D eigenvalue weighted by Gasteiger charge is 2.10. The second-order valence-electron chi connectivity index (χ2n) is 3.90. The van der Waals surface area contributed by atoms with E-state index in [1.807, 2.05) is 12.4 Å². The quantitative estimate of drug-likeness (QED) is 0.815. The molecule has 0 saturated heterocycles. The van der Waals surface area contributed by atoms with Crippen LogP contribution in [0.25, 0.3) is 0 Å². The lowest BCUT2D eigenvalue weighted by Crippen LogP contribution is -2.29. The standard InChI is InChI=1S/C12H19BrN2/c1-4-12(5-2)15(3)9-10-6-11(13)8-14-7-10/h6-8,12H,4-5,9H2,1-3H3. The Bertz CT molecular complexity index is 297. The van der Waals surface area contributed by atoms with Crippen molar-refractivity contribution >= 4 is 15.9 Å². The van der Waals surface area contributed by atoms with E-state index in [1.54, 1.807) is 0 Å². The Hall–Kier alpha value is -0.410. The fraction of sp³-hybridized carbons (Fsp3) is 0.583. The summed E-state index contributed by atoms with van der Waals surface area (Å²) in [5, 5.41) is 0. The van der Waals surface area contributed by atoms with E-state index in [-0.39, 0.29) is 0 Å². The first-order valence-corrected chi connectivity index (χ1v) is 6.26. The molecule has 0 radical (unpaired) electrons. The third kappa shape index (κ3) is 3.92. The minimum atomic E-state index is 0.670. The molecule has 0 unspecified atom stereocenters. The zero-order valence-electron chi connectivity index (χ0n) is 9.70. The first-order valence-electron chi connectivity index (χ1n) is 5.47. The van der Waals surface area contributed by atoms with Crippen molar-refractivity contribution in [2.24, 2.45) is 0 Å². The van der Waals surface area contributed by atoms with Gasteiger partial charge in [0.1, 0.15) is 0 Å². The van der Waals surface area contributed by atoms with Crippen molar-refractivity contribution < 1.29 is 0 Å². The first kappa shape index (κ1) is 12.7. The van der Waals surface area contributed by atoms with E-state index in [2.05, 4.69) is 52.8 Å². The second kappa shape index (κ2) is 6.23. The molecule has 0 bridgehead atoms. The van der Waals surface area contributed by atoms with E-state index in [0.29, 0.717) is 6.04 Å². The van der Waals surface area contributed by atoms with Gasteiger partial charge in [-0.05, 0) is 47.4 Å². The van der Waals surface area contributed by atoms with Gasteiger partial charge in [0.05, 0.1) is 0 Å². The number of hydrogen-bond acceptors (Lipinski definition) is 2. The Kier molecular flexibility index (Phi) is 5.26. The van der Waals surface area contributed by atoms with Crippen molar-refractivity contribution in [3.8, 4) is 0 Å². The van der Waals surface area contributed by atoms with Crippen LogP contribution in [0.3, 0.4) is 0 Å². The molecule has 1 heterocycles. The van der Waals surface area contributed by atoms with Crippen LogP contribution in [-0.2, 0) is 6.54 Å². The van der Waals surface area contributed by atoms with Crippen LogP contribution in [0, 0.1) is 0 Å². The number of hydrogen-bond donors (Lipinski definition) is 0. The molecule has 0 aliphatic heterocycles. The van der Waals surface area contributed by atoms with E-state index in [1.165, 1.54) is 18.4 Å². The average molecular weight is 271 g/mol. The van der Waals surface area contributed by atoms with Gasteiger partial charge in [-0.3, -0.25) is 9.88 Å². The molecule has 0 N–H and O–H groups in total. The molecule has 0 saturated carbocycles. The molecule has 15 heavy (non-hydrogen) atoms. The largest absolute Gasteiger partial charge is 0.299 e. The molecular weight excluding hydrogens is 252 g/mol. The molecule has 0 fully saturated rings. The van der Waals surface area contributed by atoms with E-state index in [9.17, 15) is 0 Å². The Morgan fingerprint density at radius 3 is 2.53 bits per heavy atom. The monoisotopic (exact) mass is 270 g/mol. The molecule has 0 aliphatic rings. The normalized spacial score (nSPS) is 11.3. The Labute approximate surface area is 101 Å². The number of halogens is 1. The van der Waals surface area contributed by atoms with Crippen LogP contribution in [0.4, 0.5) is 0 Å². The highest BCUT2D eigenvalue weighted by Crippen LogP contribution is 2.14. The summed E-state index contributed by atoms with van der Waals surface area (Å²) in [5.41, 5.74) is 1.26. The van der Waals surface area contributed by atoms with E-state index in [0.717, 1.165) is 11.0 Å². The predicted octanol–water partition coefficient (Wildman–Crippen LogP) is 3.46. The van der Waals surface area contributed by atoms with Crippen molar-refractivity contribution in [2.75, 3.05) is 7.05 Å². The van der Waals surface area contributed by atoms with Gasteiger partial charge in [0, 0.05) is 29.5 Å². The van der Waals surface area contributed by atoms with Crippen LogP contribution in [0.1, 0.15) is 32.3 Å². The van der Waals surface area contributed by atoms with E-state index in [4.69, 9.17) is 0 Å². The number of aromatic nitrogens is 1. The van der Waals surface area contributed by atoms with Gasteiger partial charge in [-0.25, -0.2) is 0 Å². The topological polar surface area (TPSA) is 16.1 Å². The van der Waals surface area contributed by atoms with Crippen molar-refractivity contribution in [1.82, 2.24) is 9.88 Å². The van der Waals surface area contributed by atoms with Crippen LogP contribution in [0.5, 0.6) is 0 Å².